The van der Waals surface area contributed by atoms with Gasteiger partial charge in [0.25, 0.3) is 0 Å². The number of nitrogens with zero attached hydrogens (tertiary/aromatic N) is 3. The standard InChI is InChI=1S/C26H27N7O/c1-5-17-7-6-8-20(24(17)27-4)25(34)18-9-11-19(12-10-18)29-22-13-14-28-26(30-22)31-23-15-21(16(2)3)32-33-23/h5-16,27H,1H2,2-4H3,(H3,28,29,30,31,32,33). The molecule has 4 aromatic rings. The predicted octanol–water partition coefficient (Wildman–Crippen LogP) is 5.73. The number of ketones is 1. The van der Waals surface area contributed by atoms with Gasteiger partial charge in [0, 0.05) is 41.8 Å². The summed E-state index contributed by atoms with van der Waals surface area (Å²) in [5, 5.41) is 16.7. The Morgan fingerprint density at radius 3 is 2.53 bits per heavy atom. The van der Waals surface area contributed by atoms with Gasteiger partial charge in [-0.05, 0) is 47.9 Å². The molecule has 2 heterocycles. The van der Waals surface area contributed by atoms with E-state index in [0.29, 0.717) is 34.6 Å². The molecule has 0 saturated carbocycles. The van der Waals surface area contributed by atoms with Gasteiger partial charge in [-0.15, -0.1) is 0 Å². The van der Waals surface area contributed by atoms with Crippen molar-refractivity contribution >= 4 is 40.8 Å². The summed E-state index contributed by atoms with van der Waals surface area (Å²) in [6.07, 6.45) is 3.40. The molecule has 2 aromatic heterocycles. The van der Waals surface area contributed by atoms with Crippen LogP contribution in [0.1, 0.15) is 46.9 Å². The number of hydrogen-bond donors (Lipinski definition) is 4. The van der Waals surface area contributed by atoms with Gasteiger partial charge in [0.15, 0.2) is 11.6 Å². The number of rotatable bonds is 9. The average molecular weight is 454 g/mol. The molecule has 172 valence electrons. The third-order valence-electron chi connectivity index (χ3n) is 5.35. The Hall–Kier alpha value is -4.46. The van der Waals surface area contributed by atoms with E-state index in [0.717, 1.165) is 22.6 Å². The molecule has 0 aliphatic rings. The fourth-order valence-corrected chi connectivity index (χ4v) is 3.52. The Morgan fingerprint density at radius 1 is 1.06 bits per heavy atom. The first-order valence-corrected chi connectivity index (χ1v) is 11.0. The van der Waals surface area contributed by atoms with Crippen LogP contribution in [0.5, 0.6) is 0 Å². The zero-order valence-corrected chi connectivity index (χ0v) is 19.4. The van der Waals surface area contributed by atoms with Crippen molar-refractivity contribution in [1.29, 1.82) is 0 Å². The van der Waals surface area contributed by atoms with Gasteiger partial charge >= 0.3 is 0 Å². The molecule has 0 radical (unpaired) electrons. The third kappa shape index (κ3) is 4.96. The molecule has 4 rings (SSSR count). The molecule has 0 spiro atoms. The first-order valence-electron chi connectivity index (χ1n) is 11.0. The lowest BCUT2D eigenvalue weighted by atomic mass is 9.98. The number of aromatic amines is 1. The summed E-state index contributed by atoms with van der Waals surface area (Å²) < 4.78 is 0. The highest BCUT2D eigenvalue weighted by molar-refractivity contribution is 6.13. The minimum absolute atomic E-state index is 0.0621. The average Bonchev–Trinajstić information content (AvgIpc) is 3.32. The van der Waals surface area contributed by atoms with Gasteiger partial charge in [-0.2, -0.15) is 10.1 Å². The second-order valence-corrected chi connectivity index (χ2v) is 8.01. The van der Waals surface area contributed by atoms with E-state index in [1.807, 2.05) is 36.4 Å². The summed E-state index contributed by atoms with van der Waals surface area (Å²) in [6, 6.07) is 16.6. The summed E-state index contributed by atoms with van der Waals surface area (Å²) in [7, 11) is 1.80. The maximum absolute atomic E-state index is 13.1. The highest BCUT2D eigenvalue weighted by Gasteiger charge is 2.15. The van der Waals surface area contributed by atoms with E-state index in [-0.39, 0.29) is 5.78 Å². The lowest BCUT2D eigenvalue weighted by Gasteiger charge is -2.12. The van der Waals surface area contributed by atoms with Crippen molar-refractivity contribution in [1.82, 2.24) is 20.2 Å². The van der Waals surface area contributed by atoms with Crippen molar-refractivity contribution in [3.05, 3.63) is 89.8 Å². The van der Waals surface area contributed by atoms with Crippen molar-refractivity contribution in [2.24, 2.45) is 0 Å². The van der Waals surface area contributed by atoms with Crippen LogP contribution in [0.25, 0.3) is 6.08 Å². The molecule has 0 fully saturated rings. The van der Waals surface area contributed by atoms with Crippen molar-refractivity contribution < 1.29 is 4.79 Å². The molecule has 8 nitrogen and oxygen atoms in total. The second-order valence-electron chi connectivity index (χ2n) is 8.01. The summed E-state index contributed by atoms with van der Waals surface area (Å²) in [5.74, 6) is 1.99. The molecule has 0 aliphatic carbocycles. The number of hydrogen-bond acceptors (Lipinski definition) is 7. The van der Waals surface area contributed by atoms with E-state index in [1.165, 1.54) is 0 Å². The van der Waals surface area contributed by atoms with Crippen LogP contribution in [-0.4, -0.2) is 33.0 Å². The lowest BCUT2D eigenvalue weighted by molar-refractivity contribution is 0.103. The van der Waals surface area contributed by atoms with Gasteiger partial charge in [0.2, 0.25) is 5.95 Å². The maximum Gasteiger partial charge on any atom is 0.230 e. The van der Waals surface area contributed by atoms with Crippen LogP contribution >= 0.6 is 0 Å². The first kappa shape index (κ1) is 22.7. The van der Waals surface area contributed by atoms with Crippen molar-refractivity contribution in [3.63, 3.8) is 0 Å². The highest BCUT2D eigenvalue weighted by atomic mass is 16.1. The van der Waals surface area contributed by atoms with Gasteiger partial charge in [-0.25, -0.2) is 4.98 Å². The zero-order valence-electron chi connectivity index (χ0n) is 19.4. The second kappa shape index (κ2) is 9.99. The molecular weight excluding hydrogens is 426 g/mol. The van der Waals surface area contributed by atoms with E-state index >= 15 is 0 Å². The van der Waals surface area contributed by atoms with Gasteiger partial charge in [-0.1, -0.05) is 38.6 Å². The Kier molecular flexibility index (Phi) is 6.68. The third-order valence-corrected chi connectivity index (χ3v) is 5.35. The largest absolute Gasteiger partial charge is 0.387 e. The monoisotopic (exact) mass is 453 g/mol. The molecule has 0 aliphatic heterocycles. The SMILES string of the molecule is C=Cc1cccc(C(=O)c2ccc(Nc3ccnc(Nc4cc(C(C)C)[nH]n4)n3)cc2)c1NC. The molecule has 0 bridgehead atoms. The maximum atomic E-state index is 13.1. The molecule has 0 amide bonds. The van der Waals surface area contributed by atoms with E-state index in [1.54, 1.807) is 37.5 Å². The van der Waals surface area contributed by atoms with Crippen molar-refractivity contribution in [2.45, 2.75) is 19.8 Å². The number of para-hydroxylation sites is 1. The summed E-state index contributed by atoms with van der Waals surface area (Å²) in [5.41, 5.74) is 4.68. The fourth-order valence-electron chi connectivity index (χ4n) is 3.52. The van der Waals surface area contributed by atoms with Gasteiger partial charge in [0.1, 0.15) is 5.82 Å². The van der Waals surface area contributed by atoms with Gasteiger partial charge in [0.05, 0.1) is 5.69 Å². The smallest absolute Gasteiger partial charge is 0.230 e. The molecule has 0 atom stereocenters. The van der Waals surface area contributed by atoms with Crippen LogP contribution in [-0.2, 0) is 0 Å². The van der Waals surface area contributed by atoms with E-state index in [2.05, 4.69) is 56.5 Å². The first-order chi connectivity index (χ1) is 16.5. The Bertz CT molecular complexity index is 1310. The molecule has 0 saturated heterocycles. The van der Waals surface area contributed by atoms with E-state index in [4.69, 9.17) is 0 Å². The van der Waals surface area contributed by atoms with Crippen LogP contribution in [0.2, 0.25) is 0 Å². The Morgan fingerprint density at radius 2 is 1.85 bits per heavy atom. The molecular formula is C26H27N7O. The topological polar surface area (TPSA) is 108 Å². The molecule has 34 heavy (non-hydrogen) atoms. The predicted molar refractivity (Wildman–Crippen MR) is 137 cm³/mol. The number of carbonyl (C=O) groups is 1. The fraction of sp³-hybridized carbons (Fsp3) is 0.154. The summed E-state index contributed by atoms with van der Waals surface area (Å²) >= 11 is 0. The van der Waals surface area contributed by atoms with Gasteiger partial charge < -0.3 is 16.0 Å². The van der Waals surface area contributed by atoms with Crippen LogP contribution < -0.4 is 16.0 Å². The normalized spacial score (nSPS) is 10.7. The number of benzene rings is 2. The molecule has 4 N–H and O–H groups in total. The summed E-state index contributed by atoms with van der Waals surface area (Å²) in [4.78, 5) is 21.8. The van der Waals surface area contributed by atoms with Crippen molar-refractivity contribution in [3.8, 4) is 0 Å². The van der Waals surface area contributed by atoms with Gasteiger partial charge in [-0.3, -0.25) is 9.89 Å². The quantitative estimate of drug-likeness (QED) is 0.240. The molecule has 2 aromatic carbocycles. The number of nitrogens with one attached hydrogen (secondary N) is 4. The van der Waals surface area contributed by atoms with Crippen LogP contribution in [0.15, 0.2) is 67.4 Å². The minimum Gasteiger partial charge on any atom is -0.387 e. The molecule has 0 unspecified atom stereocenters. The van der Waals surface area contributed by atoms with Crippen LogP contribution in [0.4, 0.5) is 29.0 Å². The van der Waals surface area contributed by atoms with Crippen molar-refractivity contribution in [2.75, 3.05) is 23.0 Å². The minimum atomic E-state index is -0.0621. The highest BCUT2D eigenvalue weighted by Crippen LogP contribution is 2.26. The van der Waals surface area contributed by atoms with E-state index in [9.17, 15) is 4.79 Å². The number of anilines is 5. The molecule has 8 heteroatoms. The summed E-state index contributed by atoms with van der Waals surface area (Å²) in [6.45, 7) is 8.01. The Labute approximate surface area is 198 Å². The van der Waals surface area contributed by atoms with Crippen LogP contribution in [0.3, 0.4) is 0 Å². The van der Waals surface area contributed by atoms with E-state index < -0.39 is 0 Å². The number of H-pyrrole nitrogens is 1. The zero-order chi connectivity index (χ0) is 24.1. The number of carbonyl (C=O) groups excluding carboxylic acids is 1. The Balaban J connectivity index is 1.47. The van der Waals surface area contributed by atoms with Crippen LogP contribution in [0, 0.1) is 0 Å². The lowest BCUT2D eigenvalue weighted by Crippen LogP contribution is -2.07. The number of aromatic nitrogens is 4.